The highest BCUT2D eigenvalue weighted by molar-refractivity contribution is 6.06. The van der Waals surface area contributed by atoms with Crippen LogP contribution in [0.4, 0.5) is 5.69 Å². The SMILES string of the molecule is CCc1nc2cc(N3C(N)=C(C#N)C(c4ccccc4)C(C(=O)OC)=C3C(=O)OC)ccc2n1C. The molecule has 2 N–H and O–H groups in total. The molecule has 35 heavy (non-hydrogen) atoms. The van der Waals surface area contributed by atoms with Crippen molar-refractivity contribution < 1.29 is 19.1 Å². The largest absolute Gasteiger partial charge is 0.466 e. The summed E-state index contributed by atoms with van der Waals surface area (Å²) in [5.74, 6) is -1.57. The van der Waals surface area contributed by atoms with Gasteiger partial charge in [-0.3, -0.25) is 4.90 Å². The van der Waals surface area contributed by atoms with E-state index in [1.54, 1.807) is 36.4 Å². The fourth-order valence-electron chi connectivity index (χ4n) is 4.47. The minimum atomic E-state index is -0.913. The number of nitrogens with two attached hydrogens (primary N) is 1. The molecule has 1 aromatic heterocycles. The van der Waals surface area contributed by atoms with Crippen LogP contribution in [0, 0.1) is 11.3 Å². The number of nitriles is 1. The molecule has 0 spiro atoms. The number of nitrogens with zero attached hydrogens (tertiary/aromatic N) is 4. The molecule has 0 bridgehead atoms. The van der Waals surface area contributed by atoms with Crippen molar-refractivity contribution in [2.75, 3.05) is 19.1 Å². The van der Waals surface area contributed by atoms with Crippen molar-refractivity contribution >= 4 is 28.7 Å². The summed E-state index contributed by atoms with van der Waals surface area (Å²) < 4.78 is 12.1. The molecule has 1 aliphatic heterocycles. The molecule has 0 radical (unpaired) electrons. The van der Waals surface area contributed by atoms with Crippen LogP contribution in [-0.2, 0) is 32.5 Å². The Morgan fingerprint density at radius 1 is 1.11 bits per heavy atom. The number of anilines is 1. The van der Waals surface area contributed by atoms with Gasteiger partial charge in [-0.2, -0.15) is 5.26 Å². The van der Waals surface area contributed by atoms with Gasteiger partial charge in [0.15, 0.2) is 0 Å². The third-order valence-corrected chi connectivity index (χ3v) is 6.14. The van der Waals surface area contributed by atoms with Crippen LogP contribution in [0.3, 0.4) is 0 Å². The molecule has 1 atom stereocenters. The molecule has 1 aliphatic rings. The Labute approximate surface area is 202 Å². The van der Waals surface area contributed by atoms with E-state index >= 15 is 0 Å². The Kier molecular flexibility index (Phi) is 6.30. The normalized spacial score (nSPS) is 15.9. The van der Waals surface area contributed by atoms with Crippen LogP contribution in [0.2, 0.25) is 0 Å². The number of aryl methyl sites for hydroxylation is 2. The Morgan fingerprint density at radius 2 is 1.80 bits per heavy atom. The lowest BCUT2D eigenvalue weighted by atomic mass is 9.81. The van der Waals surface area contributed by atoms with Gasteiger partial charge in [0.1, 0.15) is 17.3 Å². The lowest BCUT2D eigenvalue weighted by molar-refractivity contribution is -0.139. The molecule has 4 rings (SSSR count). The fraction of sp³-hybridized carbons (Fsp3) is 0.231. The summed E-state index contributed by atoms with van der Waals surface area (Å²) in [6.07, 6.45) is 0.739. The molecule has 2 heterocycles. The first-order valence-corrected chi connectivity index (χ1v) is 11.0. The molecule has 9 heteroatoms. The summed E-state index contributed by atoms with van der Waals surface area (Å²) in [6, 6.07) is 16.4. The van der Waals surface area contributed by atoms with Gasteiger partial charge in [-0.05, 0) is 23.8 Å². The molecule has 0 aliphatic carbocycles. The van der Waals surface area contributed by atoms with E-state index in [0.29, 0.717) is 16.8 Å². The van der Waals surface area contributed by atoms with E-state index in [1.807, 2.05) is 30.7 Å². The molecule has 2 aromatic carbocycles. The van der Waals surface area contributed by atoms with Crippen molar-refractivity contribution in [3.63, 3.8) is 0 Å². The van der Waals surface area contributed by atoms with Crippen LogP contribution < -0.4 is 10.6 Å². The molecular formula is C26H25N5O4. The Hall–Kier alpha value is -4.58. The molecular weight excluding hydrogens is 446 g/mol. The van der Waals surface area contributed by atoms with Crippen molar-refractivity contribution in [1.82, 2.24) is 9.55 Å². The standard InChI is InChI=1S/C26H25N5O4/c1-5-20-29-18-13-16(11-12-19(18)30(20)2)31-23(26(33)35-4)22(25(32)34-3)21(17(14-27)24(31)28)15-9-7-6-8-10-15/h6-13,21H,5,28H2,1-4H3. The van der Waals surface area contributed by atoms with Gasteiger partial charge in [0, 0.05) is 13.5 Å². The number of benzene rings is 2. The second kappa shape index (κ2) is 9.35. The first-order valence-electron chi connectivity index (χ1n) is 11.0. The summed E-state index contributed by atoms with van der Waals surface area (Å²) >= 11 is 0. The first kappa shape index (κ1) is 23.6. The highest BCUT2D eigenvalue weighted by Gasteiger charge is 2.43. The van der Waals surface area contributed by atoms with Crippen molar-refractivity contribution in [2.24, 2.45) is 12.8 Å². The van der Waals surface area contributed by atoms with Crippen LogP contribution >= 0.6 is 0 Å². The number of methoxy groups -OCH3 is 2. The zero-order valence-corrected chi connectivity index (χ0v) is 19.9. The highest BCUT2D eigenvalue weighted by atomic mass is 16.5. The van der Waals surface area contributed by atoms with Gasteiger partial charge in [-0.15, -0.1) is 0 Å². The quantitative estimate of drug-likeness (QED) is 0.563. The van der Waals surface area contributed by atoms with E-state index in [-0.39, 0.29) is 22.7 Å². The average molecular weight is 472 g/mol. The average Bonchev–Trinajstić information content (AvgIpc) is 3.22. The number of hydrogen-bond donors (Lipinski definition) is 1. The monoisotopic (exact) mass is 471 g/mol. The molecule has 0 saturated heterocycles. The molecule has 0 saturated carbocycles. The summed E-state index contributed by atoms with van der Waals surface area (Å²) in [7, 11) is 4.36. The molecule has 0 fully saturated rings. The van der Waals surface area contributed by atoms with Crippen LogP contribution in [-0.4, -0.2) is 35.7 Å². The second-order valence-corrected chi connectivity index (χ2v) is 7.95. The first-order chi connectivity index (χ1) is 16.9. The predicted molar refractivity (Wildman–Crippen MR) is 130 cm³/mol. The summed E-state index contributed by atoms with van der Waals surface area (Å²) in [5.41, 5.74) is 9.15. The van der Waals surface area contributed by atoms with Gasteiger partial charge < -0.3 is 19.8 Å². The number of imidazole rings is 1. The van der Waals surface area contributed by atoms with Gasteiger partial charge in [0.25, 0.3) is 0 Å². The molecule has 0 amide bonds. The maximum absolute atomic E-state index is 13.2. The number of carbonyl (C=O) groups excluding carboxylic acids is 2. The van der Waals surface area contributed by atoms with Gasteiger partial charge >= 0.3 is 11.9 Å². The van der Waals surface area contributed by atoms with Gasteiger partial charge in [-0.25, -0.2) is 14.6 Å². The van der Waals surface area contributed by atoms with Gasteiger partial charge in [-0.1, -0.05) is 37.3 Å². The minimum absolute atomic E-state index is 0.0143. The zero-order valence-electron chi connectivity index (χ0n) is 19.9. The van der Waals surface area contributed by atoms with E-state index in [2.05, 4.69) is 11.1 Å². The number of ether oxygens (including phenoxy) is 2. The Morgan fingerprint density at radius 3 is 2.40 bits per heavy atom. The predicted octanol–water partition coefficient (Wildman–Crippen LogP) is 3.03. The van der Waals surface area contributed by atoms with Gasteiger partial charge in [0.2, 0.25) is 0 Å². The van der Waals surface area contributed by atoms with Crippen LogP contribution in [0.1, 0.15) is 24.2 Å². The van der Waals surface area contributed by atoms with E-state index in [0.717, 1.165) is 17.8 Å². The molecule has 9 nitrogen and oxygen atoms in total. The van der Waals surface area contributed by atoms with E-state index in [1.165, 1.54) is 19.1 Å². The van der Waals surface area contributed by atoms with Gasteiger partial charge in [0.05, 0.1) is 54.1 Å². The van der Waals surface area contributed by atoms with Crippen molar-refractivity contribution in [1.29, 1.82) is 5.26 Å². The van der Waals surface area contributed by atoms with Crippen molar-refractivity contribution in [3.8, 4) is 6.07 Å². The Bertz CT molecular complexity index is 1430. The number of fused-ring (bicyclic) bond motifs is 1. The van der Waals surface area contributed by atoms with Crippen molar-refractivity contribution in [2.45, 2.75) is 19.3 Å². The zero-order chi connectivity index (χ0) is 25.3. The van der Waals surface area contributed by atoms with Crippen LogP contribution in [0.25, 0.3) is 11.0 Å². The number of rotatable bonds is 5. The van der Waals surface area contributed by atoms with E-state index in [9.17, 15) is 14.9 Å². The minimum Gasteiger partial charge on any atom is -0.466 e. The lowest BCUT2D eigenvalue weighted by Crippen LogP contribution is -2.40. The second-order valence-electron chi connectivity index (χ2n) is 7.95. The highest BCUT2D eigenvalue weighted by Crippen LogP contribution is 2.43. The maximum atomic E-state index is 13.2. The third kappa shape index (κ3) is 3.79. The smallest absolute Gasteiger partial charge is 0.355 e. The summed E-state index contributed by atoms with van der Waals surface area (Å²) in [6.45, 7) is 2.01. The number of allylic oxidation sites excluding steroid dienone is 1. The molecule has 3 aromatic rings. The number of hydrogen-bond acceptors (Lipinski definition) is 8. The molecule has 1 unspecified atom stereocenters. The Balaban J connectivity index is 2.05. The topological polar surface area (TPSA) is 123 Å². The lowest BCUT2D eigenvalue weighted by Gasteiger charge is -2.35. The van der Waals surface area contributed by atoms with E-state index in [4.69, 9.17) is 15.2 Å². The number of carbonyl (C=O) groups is 2. The van der Waals surface area contributed by atoms with Crippen molar-refractivity contribution in [3.05, 3.63) is 82.6 Å². The summed E-state index contributed by atoms with van der Waals surface area (Å²) in [5, 5.41) is 10.1. The van der Waals surface area contributed by atoms with Crippen LogP contribution in [0.5, 0.6) is 0 Å². The number of esters is 2. The number of aromatic nitrogens is 2. The van der Waals surface area contributed by atoms with E-state index < -0.39 is 17.9 Å². The van der Waals surface area contributed by atoms with Crippen LogP contribution in [0.15, 0.2) is 71.2 Å². The maximum Gasteiger partial charge on any atom is 0.355 e. The fourth-order valence-corrected chi connectivity index (χ4v) is 4.47. The summed E-state index contributed by atoms with van der Waals surface area (Å²) in [4.78, 5) is 32.3. The molecule has 178 valence electrons. The third-order valence-electron chi connectivity index (χ3n) is 6.14.